The van der Waals surface area contributed by atoms with E-state index in [0.717, 1.165) is 18.5 Å². The van der Waals surface area contributed by atoms with Crippen molar-refractivity contribution in [1.82, 2.24) is 9.97 Å². The fourth-order valence-electron chi connectivity index (χ4n) is 3.71. The van der Waals surface area contributed by atoms with Crippen LogP contribution in [0.15, 0.2) is 67.5 Å². The molecule has 0 unspecified atom stereocenters. The van der Waals surface area contributed by atoms with Gasteiger partial charge in [-0.2, -0.15) is 5.26 Å². The highest BCUT2D eigenvalue weighted by atomic mass is 16.3. The summed E-state index contributed by atoms with van der Waals surface area (Å²) in [5, 5.41) is 31.2. The van der Waals surface area contributed by atoms with Gasteiger partial charge >= 0.3 is 0 Å². The van der Waals surface area contributed by atoms with Gasteiger partial charge in [0.2, 0.25) is 5.91 Å². The summed E-state index contributed by atoms with van der Waals surface area (Å²) in [6.45, 7) is 4.00. The van der Waals surface area contributed by atoms with E-state index < -0.39 is 5.54 Å². The van der Waals surface area contributed by atoms with Gasteiger partial charge in [0, 0.05) is 17.8 Å². The van der Waals surface area contributed by atoms with Crippen LogP contribution in [0.4, 0.5) is 17.3 Å². The van der Waals surface area contributed by atoms with E-state index in [-0.39, 0.29) is 34.3 Å². The van der Waals surface area contributed by atoms with Crippen molar-refractivity contribution in [2.75, 3.05) is 22.5 Å². The maximum Gasteiger partial charge on any atom is 0.250 e. The number of amides is 1. The number of carbonyl (C=O) groups is 1. The highest BCUT2D eigenvalue weighted by Crippen LogP contribution is 2.41. The number of carbonyl (C=O) groups excluding carboxylic acids is 1. The maximum atomic E-state index is 12.6. The van der Waals surface area contributed by atoms with Gasteiger partial charge in [0.05, 0.1) is 22.4 Å². The number of nitrogens with one attached hydrogen (secondary N) is 2. The number of nitrogen functional groups attached to an aromatic ring is 1. The Morgan fingerprint density at radius 1 is 1.29 bits per heavy atom. The standard InChI is InChI=1S/C25H23N7O2/c1-2-20(34)32(18-6-4-3-5-7-18)14-25(10-11-25)31-24-21(23(28)29-15-30-24)22(27)16-8-9-19(33)17(12-16)13-26/h2-9,12,15,27,33H,1,10-11,14H2,(H3,28,29,30,31). The first kappa shape index (κ1) is 22.5. The van der Waals surface area contributed by atoms with Crippen LogP contribution in [0.25, 0.3) is 0 Å². The second-order valence-corrected chi connectivity index (χ2v) is 8.07. The molecule has 0 aliphatic heterocycles. The number of rotatable bonds is 8. The lowest BCUT2D eigenvalue weighted by Gasteiger charge is -2.28. The van der Waals surface area contributed by atoms with Gasteiger partial charge in [0.1, 0.15) is 29.8 Å². The van der Waals surface area contributed by atoms with E-state index >= 15 is 0 Å². The van der Waals surface area contributed by atoms with Crippen molar-refractivity contribution >= 4 is 28.9 Å². The Kier molecular flexibility index (Phi) is 5.97. The first-order chi connectivity index (χ1) is 16.4. The van der Waals surface area contributed by atoms with E-state index in [1.165, 1.54) is 30.6 Å². The van der Waals surface area contributed by atoms with Gasteiger partial charge < -0.3 is 21.1 Å². The molecule has 3 aromatic rings. The quantitative estimate of drug-likeness (QED) is 0.302. The third kappa shape index (κ3) is 4.42. The zero-order valence-corrected chi connectivity index (χ0v) is 18.3. The Hall–Kier alpha value is -4.71. The minimum Gasteiger partial charge on any atom is -0.507 e. The molecular formula is C25H23N7O2. The Bertz CT molecular complexity index is 1310. The zero-order chi connectivity index (χ0) is 24.3. The largest absolute Gasteiger partial charge is 0.507 e. The van der Waals surface area contributed by atoms with Crippen LogP contribution in [0.5, 0.6) is 5.75 Å². The molecule has 0 saturated heterocycles. The number of anilines is 3. The lowest BCUT2D eigenvalue weighted by Crippen LogP contribution is -2.42. The molecule has 5 N–H and O–H groups in total. The number of para-hydroxylation sites is 1. The molecule has 1 aromatic heterocycles. The van der Waals surface area contributed by atoms with Crippen LogP contribution >= 0.6 is 0 Å². The number of benzene rings is 2. The highest BCUT2D eigenvalue weighted by Gasteiger charge is 2.46. The van der Waals surface area contributed by atoms with Crippen LogP contribution in [-0.4, -0.2) is 38.8 Å². The van der Waals surface area contributed by atoms with Crippen LogP contribution in [0.3, 0.4) is 0 Å². The summed E-state index contributed by atoms with van der Waals surface area (Å²) in [6.07, 6.45) is 4.17. The van der Waals surface area contributed by atoms with Crippen molar-refractivity contribution < 1.29 is 9.90 Å². The summed E-state index contributed by atoms with van der Waals surface area (Å²) < 4.78 is 0. The van der Waals surface area contributed by atoms with Gasteiger partial charge in [0.15, 0.2) is 0 Å². The van der Waals surface area contributed by atoms with Gasteiger partial charge in [-0.25, -0.2) is 9.97 Å². The average molecular weight is 454 g/mol. The second-order valence-electron chi connectivity index (χ2n) is 8.07. The van der Waals surface area contributed by atoms with Gasteiger partial charge in [-0.3, -0.25) is 10.2 Å². The first-order valence-electron chi connectivity index (χ1n) is 10.6. The fraction of sp³-hybridized carbons (Fsp3) is 0.160. The SMILES string of the molecule is C=CC(=O)N(CC1(Nc2ncnc(N)c2C(=N)c2ccc(O)c(C#N)c2)CC1)c1ccccc1. The van der Waals surface area contributed by atoms with Crippen LogP contribution in [-0.2, 0) is 4.79 Å². The molecule has 4 rings (SSSR count). The number of nitrogens with zero attached hydrogens (tertiary/aromatic N) is 4. The Balaban J connectivity index is 1.66. The summed E-state index contributed by atoms with van der Waals surface area (Å²) in [5.74, 6) is 0.0784. The first-order valence-corrected chi connectivity index (χ1v) is 10.6. The number of nitrogens with two attached hydrogens (primary N) is 1. The number of aromatic nitrogens is 2. The summed E-state index contributed by atoms with van der Waals surface area (Å²) in [6, 6.07) is 15.5. The Morgan fingerprint density at radius 3 is 2.68 bits per heavy atom. The molecule has 1 saturated carbocycles. The summed E-state index contributed by atoms with van der Waals surface area (Å²) >= 11 is 0. The van der Waals surface area contributed by atoms with Crippen LogP contribution in [0, 0.1) is 16.7 Å². The van der Waals surface area contributed by atoms with Crippen molar-refractivity contribution in [3.8, 4) is 11.8 Å². The van der Waals surface area contributed by atoms with E-state index in [2.05, 4.69) is 21.9 Å². The average Bonchev–Trinajstić information content (AvgIpc) is 3.61. The van der Waals surface area contributed by atoms with E-state index in [1.54, 1.807) is 4.90 Å². The molecule has 0 spiro atoms. The molecule has 1 amide bonds. The lowest BCUT2D eigenvalue weighted by molar-refractivity contribution is -0.114. The summed E-state index contributed by atoms with van der Waals surface area (Å²) in [7, 11) is 0. The third-order valence-electron chi connectivity index (χ3n) is 5.74. The molecule has 1 heterocycles. The van der Waals surface area contributed by atoms with E-state index in [9.17, 15) is 15.2 Å². The number of hydrogen-bond donors (Lipinski definition) is 4. The van der Waals surface area contributed by atoms with E-state index in [1.807, 2.05) is 36.4 Å². The number of phenolic OH excluding ortho intramolecular Hbond substituents is 1. The van der Waals surface area contributed by atoms with Crippen molar-refractivity contribution in [3.05, 3.63) is 84.2 Å². The van der Waals surface area contributed by atoms with Crippen LogP contribution in [0.2, 0.25) is 0 Å². The smallest absolute Gasteiger partial charge is 0.250 e. The Labute approximate surface area is 196 Å². The summed E-state index contributed by atoms with van der Waals surface area (Å²) in [4.78, 5) is 22.7. The van der Waals surface area contributed by atoms with E-state index in [0.29, 0.717) is 17.9 Å². The highest BCUT2D eigenvalue weighted by molar-refractivity contribution is 6.16. The predicted molar refractivity (Wildman–Crippen MR) is 130 cm³/mol. The van der Waals surface area contributed by atoms with Gasteiger partial charge in [-0.05, 0) is 49.2 Å². The molecule has 0 bridgehead atoms. The van der Waals surface area contributed by atoms with Gasteiger partial charge in [-0.15, -0.1) is 0 Å². The van der Waals surface area contributed by atoms with Crippen molar-refractivity contribution in [1.29, 1.82) is 10.7 Å². The molecule has 170 valence electrons. The second kappa shape index (κ2) is 9.03. The van der Waals surface area contributed by atoms with Gasteiger partial charge in [0.25, 0.3) is 0 Å². The monoisotopic (exact) mass is 453 g/mol. The predicted octanol–water partition coefficient (Wildman–Crippen LogP) is 3.22. The van der Waals surface area contributed by atoms with Crippen LogP contribution < -0.4 is 16.0 Å². The number of aromatic hydroxyl groups is 1. The summed E-state index contributed by atoms with van der Waals surface area (Å²) in [5.41, 5.74) is 7.15. The number of phenols is 1. The molecule has 9 nitrogen and oxygen atoms in total. The van der Waals surface area contributed by atoms with Crippen molar-refractivity contribution in [3.63, 3.8) is 0 Å². The minimum absolute atomic E-state index is 0.00924. The van der Waals surface area contributed by atoms with Crippen LogP contribution in [0.1, 0.15) is 29.5 Å². The number of hydrogen-bond acceptors (Lipinski definition) is 8. The molecule has 1 aliphatic rings. The molecule has 0 radical (unpaired) electrons. The Morgan fingerprint density at radius 2 is 2.03 bits per heavy atom. The van der Waals surface area contributed by atoms with E-state index in [4.69, 9.17) is 11.1 Å². The zero-order valence-electron chi connectivity index (χ0n) is 18.3. The van der Waals surface area contributed by atoms with Gasteiger partial charge in [-0.1, -0.05) is 24.8 Å². The molecule has 1 fully saturated rings. The molecule has 9 heteroatoms. The molecule has 34 heavy (non-hydrogen) atoms. The normalized spacial score (nSPS) is 13.4. The maximum absolute atomic E-state index is 12.6. The van der Waals surface area contributed by atoms with Crippen molar-refractivity contribution in [2.24, 2.45) is 0 Å². The van der Waals surface area contributed by atoms with Crippen molar-refractivity contribution in [2.45, 2.75) is 18.4 Å². The molecular weight excluding hydrogens is 430 g/mol. The number of nitriles is 1. The topological polar surface area (TPSA) is 152 Å². The lowest BCUT2D eigenvalue weighted by atomic mass is 10.0. The molecule has 2 aromatic carbocycles. The molecule has 0 atom stereocenters. The minimum atomic E-state index is -0.461. The molecule has 1 aliphatic carbocycles. The third-order valence-corrected chi connectivity index (χ3v) is 5.74. The fourth-order valence-corrected chi connectivity index (χ4v) is 3.71.